The average Bonchev–Trinajstić information content (AvgIpc) is 3.01. The molecule has 1 aromatic heterocycles. The lowest BCUT2D eigenvalue weighted by atomic mass is 9.79. The Morgan fingerprint density at radius 2 is 2.06 bits per heavy atom. The summed E-state index contributed by atoms with van der Waals surface area (Å²) in [7, 11) is 0. The van der Waals surface area contributed by atoms with Crippen LogP contribution in [0.1, 0.15) is 17.6 Å². The quantitative estimate of drug-likeness (QED) is 0.869. The molecule has 0 aromatic carbocycles. The smallest absolute Gasteiger partial charge is 0.310 e. The van der Waals surface area contributed by atoms with Crippen molar-refractivity contribution in [3.05, 3.63) is 17.4 Å². The third-order valence-electron chi connectivity index (χ3n) is 3.62. The lowest BCUT2D eigenvalue weighted by Crippen LogP contribution is -2.40. The van der Waals surface area contributed by atoms with Crippen molar-refractivity contribution in [3.63, 3.8) is 0 Å². The molecule has 18 heavy (non-hydrogen) atoms. The maximum absolute atomic E-state index is 12.3. The number of fused-ring (bicyclic) bond motifs is 2. The summed E-state index contributed by atoms with van der Waals surface area (Å²) < 4.78 is 6.64. The van der Waals surface area contributed by atoms with Gasteiger partial charge in [-0.2, -0.15) is 5.10 Å². The molecule has 0 radical (unpaired) electrons. The number of carboxylic acid groups (broad SMARTS) is 1. The number of hydrogen-bond acceptors (Lipinski definition) is 4. The van der Waals surface area contributed by atoms with E-state index in [2.05, 4.69) is 5.10 Å². The van der Waals surface area contributed by atoms with Gasteiger partial charge in [0, 0.05) is 0 Å². The number of aromatic nitrogens is 2. The second-order valence-electron chi connectivity index (χ2n) is 4.62. The van der Waals surface area contributed by atoms with Gasteiger partial charge < -0.3 is 9.84 Å². The second kappa shape index (κ2) is 4.07. The first kappa shape index (κ1) is 11.7. The molecule has 7 heteroatoms. The molecule has 2 aliphatic heterocycles. The van der Waals surface area contributed by atoms with Crippen molar-refractivity contribution in [2.24, 2.45) is 11.8 Å². The van der Waals surface area contributed by atoms with Crippen molar-refractivity contribution in [1.82, 2.24) is 9.78 Å². The van der Waals surface area contributed by atoms with Gasteiger partial charge in [-0.05, 0) is 12.8 Å². The van der Waals surface area contributed by atoms with E-state index in [-0.39, 0.29) is 18.1 Å². The predicted molar refractivity (Wildman–Crippen MR) is 60.4 cm³/mol. The van der Waals surface area contributed by atoms with E-state index in [0.717, 1.165) is 11.1 Å². The van der Waals surface area contributed by atoms with Gasteiger partial charge in [0.05, 0.1) is 41.5 Å². The van der Waals surface area contributed by atoms with Crippen molar-refractivity contribution in [2.75, 3.05) is 0 Å². The number of aliphatic carboxylic acids is 1. The summed E-state index contributed by atoms with van der Waals surface area (Å²) in [6.07, 6.45) is 3.49. The van der Waals surface area contributed by atoms with Crippen LogP contribution < -0.4 is 0 Å². The zero-order chi connectivity index (χ0) is 12.9. The molecule has 1 aromatic rings. The lowest BCUT2D eigenvalue weighted by Gasteiger charge is -2.23. The Labute approximate surface area is 107 Å². The third kappa shape index (κ3) is 1.64. The van der Waals surface area contributed by atoms with Gasteiger partial charge in [0.15, 0.2) is 0 Å². The van der Waals surface area contributed by atoms with Crippen LogP contribution in [-0.4, -0.2) is 39.0 Å². The largest absolute Gasteiger partial charge is 0.481 e. The Morgan fingerprint density at radius 1 is 1.39 bits per heavy atom. The minimum Gasteiger partial charge on any atom is -0.481 e. The van der Waals surface area contributed by atoms with Crippen LogP contribution in [0.4, 0.5) is 0 Å². The molecular formula is C11H11ClN2O4. The Bertz CT molecular complexity index is 515. The number of nitrogens with zero attached hydrogens (tertiary/aromatic N) is 2. The molecule has 0 unspecified atom stereocenters. The van der Waals surface area contributed by atoms with Crippen molar-refractivity contribution in [3.8, 4) is 0 Å². The zero-order valence-electron chi connectivity index (χ0n) is 9.32. The van der Waals surface area contributed by atoms with E-state index in [0.29, 0.717) is 11.4 Å². The maximum Gasteiger partial charge on any atom is 0.310 e. The highest BCUT2D eigenvalue weighted by Crippen LogP contribution is 2.44. The summed E-state index contributed by atoms with van der Waals surface area (Å²) in [6, 6.07) is 0. The second-order valence-corrected chi connectivity index (χ2v) is 5.06. The van der Waals surface area contributed by atoms with Gasteiger partial charge in [-0.1, -0.05) is 11.6 Å². The van der Waals surface area contributed by atoms with E-state index in [1.807, 2.05) is 0 Å². The maximum atomic E-state index is 12.3. The number of carboxylic acids is 1. The first-order valence-electron chi connectivity index (χ1n) is 5.70. The summed E-state index contributed by atoms with van der Waals surface area (Å²) in [5.74, 6) is -2.79. The molecule has 2 aliphatic rings. The Hall–Kier alpha value is -1.40. The van der Waals surface area contributed by atoms with E-state index < -0.39 is 17.8 Å². The van der Waals surface area contributed by atoms with Crippen LogP contribution in [0.25, 0.3) is 0 Å². The van der Waals surface area contributed by atoms with Crippen LogP contribution in [0, 0.1) is 11.8 Å². The fourth-order valence-electron chi connectivity index (χ4n) is 2.88. The average molecular weight is 271 g/mol. The van der Waals surface area contributed by atoms with Gasteiger partial charge in [0.1, 0.15) is 0 Å². The summed E-state index contributed by atoms with van der Waals surface area (Å²) >= 11 is 5.71. The Morgan fingerprint density at radius 3 is 2.61 bits per heavy atom. The molecule has 96 valence electrons. The number of hydrogen-bond donors (Lipinski definition) is 1. The minimum absolute atomic E-state index is 0.313. The molecule has 0 aliphatic carbocycles. The van der Waals surface area contributed by atoms with E-state index in [4.69, 9.17) is 16.3 Å². The minimum atomic E-state index is -0.987. The SMILES string of the molecule is O=C(O)[C@H]1[C@@H](C(=O)n2cc(Cl)cn2)[C@H]2CC[C@H]1O2. The number of carbonyl (C=O) groups excluding carboxylic acids is 1. The highest BCUT2D eigenvalue weighted by molar-refractivity contribution is 6.30. The number of carbonyl (C=O) groups is 2. The molecule has 3 rings (SSSR count). The summed E-state index contributed by atoms with van der Waals surface area (Å²) in [5.41, 5.74) is 0. The number of ether oxygens (including phenoxy) is 1. The standard InChI is InChI=1S/C11H11ClN2O4/c12-5-3-13-14(4-5)10(15)8-6-1-2-7(18-6)9(8)11(16)17/h3-4,6-9H,1-2H2,(H,16,17)/t6-,7-,8+,9-/m1/s1. The van der Waals surface area contributed by atoms with Gasteiger partial charge >= 0.3 is 5.97 Å². The fraction of sp³-hybridized carbons (Fsp3) is 0.545. The van der Waals surface area contributed by atoms with Crippen molar-refractivity contribution < 1.29 is 19.4 Å². The molecule has 2 fully saturated rings. The van der Waals surface area contributed by atoms with Crippen LogP contribution >= 0.6 is 11.6 Å². The van der Waals surface area contributed by atoms with E-state index >= 15 is 0 Å². The van der Waals surface area contributed by atoms with E-state index in [1.165, 1.54) is 12.4 Å². The Kier molecular flexibility index (Phi) is 2.64. The highest BCUT2D eigenvalue weighted by atomic mass is 35.5. The third-order valence-corrected chi connectivity index (χ3v) is 3.82. The molecule has 0 saturated carbocycles. The summed E-state index contributed by atoms with van der Waals surface area (Å²) in [4.78, 5) is 23.5. The van der Waals surface area contributed by atoms with E-state index in [1.54, 1.807) is 0 Å². The topological polar surface area (TPSA) is 81.4 Å². The van der Waals surface area contributed by atoms with Crippen LogP contribution in [-0.2, 0) is 9.53 Å². The van der Waals surface area contributed by atoms with Gasteiger partial charge in [0.2, 0.25) is 0 Å². The fourth-order valence-corrected chi connectivity index (χ4v) is 3.02. The van der Waals surface area contributed by atoms with Crippen LogP contribution in [0.3, 0.4) is 0 Å². The number of rotatable bonds is 2. The van der Waals surface area contributed by atoms with Gasteiger partial charge in [-0.25, -0.2) is 4.68 Å². The van der Waals surface area contributed by atoms with Crippen molar-refractivity contribution in [2.45, 2.75) is 25.0 Å². The lowest BCUT2D eigenvalue weighted by molar-refractivity contribution is -0.144. The Balaban J connectivity index is 1.91. The molecule has 0 spiro atoms. The number of halogens is 1. The first-order valence-corrected chi connectivity index (χ1v) is 6.08. The molecule has 2 saturated heterocycles. The molecule has 0 amide bonds. The van der Waals surface area contributed by atoms with E-state index in [9.17, 15) is 14.7 Å². The normalized spacial score (nSPS) is 33.8. The molecule has 6 nitrogen and oxygen atoms in total. The van der Waals surface area contributed by atoms with Gasteiger partial charge in [-0.15, -0.1) is 0 Å². The van der Waals surface area contributed by atoms with Crippen LogP contribution in [0.5, 0.6) is 0 Å². The summed E-state index contributed by atoms with van der Waals surface area (Å²) in [5, 5.41) is 13.4. The highest BCUT2D eigenvalue weighted by Gasteiger charge is 2.56. The van der Waals surface area contributed by atoms with Gasteiger partial charge in [-0.3, -0.25) is 9.59 Å². The molecule has 3 heterocycles. The summed E-state index contributed by atoms with van der Waals surface area (Å²) in [6.45, 7) is 0. The first-order chi connectivity index (χ1) is 8.58. The van der Waals surface area contributed by atoms with Crippen LogP contribution in [0.15, 0.2) is 12.4 Å². The van der Waals surface area contributed by atoms with Crippen LogP contribution in [0.2, 0.25) is 5.02 Å². The van der Waals surface area contributed by atoms with Crippen molar-refractivity contribution in [1.29, 1.82) is 0 Å². The molecule has 1 N–H and O–H groups in total. The molecule has 4 atom stereocenters. The van der Waals surface area contributed by atoms with Gasteiger partial charge in [0.25, 0.3) is 5.91 Å². The molecular weight excluding hydrogens is 260 g/mol. The predicted octanol–water partition coefficient (Wildman–Crippen LogP) is 1.05. The molecule has 2 bridgehead atoms. The monoisotopic (exact) mass is 270 g/mol. The zero-order valence-corrected chi connectivity index (χ0v) is 10.1. The van der Waals surface area contributed by atoms with Crippen molar-refractivity contribution >= 4 is 23.5 Å².